The topological polar surface area (TPSA) is 78.5 Å². The molecule has 0 aromatic heterocycles. The number of carboxylic acids is 1. The van der Waals surface area contributed by atoms with Gasteiger partial charge in [0.25, 0.3) is 0 Å². The standard InChI is InChI=1S/C22H16FNO4S/c23-14-8-9-19-17(11-14)21(16-6-1-2-7-18(16)28-19)29-12-20(25)24-15-5-3-4-13(10-15)22(26)27/h1-11,21H,12H2,(H,24,25)(H,26,27)/p-1. The van der Waals surface area contributed by atoms with E-state index in [0.29, 0.717) is 22.7 Å². The molecule has 1 aliphatic heterocycles. The van der Waals surface area contributed by atoms with E-state index in [4.69, 9.17) is 4.74 Å². The summed E-state index contributed by atoms with van der Waals surface area (Å²) in [5, 5.41) is 13.4. The van der Waals surface area contributed by atoms with Gasteiger partial charge in [-0.1, -0.05) is 30.3 Å². The number of halogens is 1. The minimum Gasteiger partial charge on any atom is -0.545 e. The number of benzene rings is 3. The van der Waals surface area contributed by atoms with Gasteiger partial charge in [-0.25, -0.2) is 4.39 Å². The highest BCUT2D eigenvalue weighted by atomic mass is 32.2. The number of amides is 1. The second kappa shape index (κ2) is 7.97. The van der Waals surface area contributed by atoms with Crippen molar-refractivity contribution >= 4 is 29.3 Å². The van der Waals surface area contributed by atoms with Gasteiger partial charge in [0.2, 0.25) is 5.91 Å². The van der Waals surface area contributed by atoms with Gasteiger partial charge in [-0.3, -0.25) is 4.79 Å². The lowest BCUT2D eigenvalue weighted by Crippen LogP contribution is -2.22. The lowest BCUT2D eigenvalue weighted by Gasteiger charge is -2.27. The summed E-state index contributed by atoms with van der Waals surface area (Å²) in [6.07, 6.45) is 0. The van der Waals surface area contributed by atoms with Gasteiger partial charge in [-0.05, 0) is 42.0 Å². The van der Waals surface area contributed by atoms with Crippen LogP contribution in [-0.4, -0.2) is 17.6 Å². The fourth-order valence-corrected chi connectivity index (χ4v) is 4.28. The van der Waals surface area contributed by atoms with Crippen molar-refractivity contribution in [2.45, 2.75) is 5.25 Å². The van der Waals surface area contributed by atoms with Gasteiger partial charge in [0.05, 0.1) is 17.0 Å². The van der Waals surface area contributed by atoms with Gasteiger partial charge in [0, 0.05) is 16.8 Å². The average Bonchev–Trinajstić information content (AvgIpc) is 2.71. The Balaban J connectivity index is 1.52. The van der Waals surface area contributed by atoms with E-state index in [0.717, 1.165) is 5.56 Å². The third-order valence-corrected chi connectivity index (χ3v) is 5.71. The zero-order chi connectivity index (χ0) is 20.4. The zero-order valence-electron chi connectivity index (χ0n) is 15.1. The van der Waals surface area contributed by atoms with Crippen molar-refractivity contribution < 1.29 is 23.8 Å². The molecule has 146 valence electrons. The van der Waals surface area contributed by atoms with Crippen LogP contribution >= 0.6 is 11.8 Å². The number of nitrogens with one attached hydrogen (secondary N) is 1. The normalized spacial score (nSPS) is 14.3. The Hall–Kier alpha value is -3.32. The summed E-state index contributed by atoms with van der Waals surface area (Å²) < 4.78 is 19.7. The molecular weight excluding hydrogens is 393 g/mol. The molecule has 0 fully saturated rings. The predicted molar refractivity (Wildman–Crippen MR) is 107 cm³/mol. The summed E-state index contributed by atoms with van der Waals surface area (Å²) in [5.41, 5.74) is 1.89. The summed E-state index contributed by atoms with van der Waals surface area (Å²) >= 11 is 1.34. The number of carboxylic acid groups (broad SMARTS) is 1. The van der Waals surface area contributed by atoms with Crippen molar-refractivity contribution in [3.05, 3.63) is 89.2 Å². The number of hydrogen-bond donors (Lipinski definition) is 1. The monoisotopic (exact) mass is 408 g/mol. The van der Waals surface area contributed by atoms with Crippen LogP contribution < -0.4 is 15.2 Å². The first-order valence-electron chi connectivity index (χ1n) is 8.80. The Bertz CT molecular complexity index is 1100. The molecule has 1 heterocycles. The fraction of sp³-hybridized carbons (Fsp3) is 0.0909. The van der Waals surface area contributed by atoms with Crippen molar-refractivity contribution in [3.8, 4) is 11.5 Å². The summed E-state index contributed by atoms with van der Waals surface area (Å²) in [5.74, 6) is -0.665. The van der Waals surface area contributed by atoms with E-state index < -0.39 is 5.97 Å². The maximum absolute atomic E-state index is 13.8. The van der Waals surface area contributed by atoms with Crippen LogP contribution in [0.15, 0.2) is 66.7 Å². The van der Waals surface area contributed by atoms with E-state index in [1.807, 2.05) is 24.3 Å². The quantitative estimate of drug-likeness (QED) is 0.696. The molecule has 1 atom stereocenters. The van der Waals surface area contributed by atoms with Crippen molar-refractivity contribution in [2.24, 2.45) is 0 Å². The highest BCUT2D eigenvalue weighted by Crippen LogP contribution is 2.49. The van der Waals surface area contributed by atoms with E-state index >= 15 is 0 Å². The average molecular weight is 408 g/mol. The Labute approximate surface area is 170 Å². The van der Waals surface area contributed by atoms with Crippen LogP contribution in [0.4, 0.5) is 10.1 Å². The van der Waals surface area contributed by atoms with Crippen LogP contribution in [-0.2, 0) is 4.79 Å². The first kappa shape index (κ1) is 19.0. The highest BCUT2D eigenvalue weighted by Gasteiger charge is 2.28. The number of anilines is 1. The fourth-order valence-electron chi connectivity index (χ4n) is 3.15. The van der Waals surface area contributed by atoms with E-state index in [9.17, 15) is 19.1 Å². The second-order valence-corrected chi connectivity index (χ2v) is 7.52. The summed E-state index contributed by atoms with van der Waals surface area (Å²) in [4.78, 5) is 23.4. The molecule has 0 spiro atoms. The Morgan fingerprint density at radius 2 is 1.79 bits per heavy atom. The molecule has 5 nitrogen and oxygen atoms in total. The Kier molecular flexibility index (Phi) is 5.22. The molecule has 0 bridgehead atoms. The van der Waals surface area contributed by atoms with Gasteiger partial charge in [-0.2, -0.15) is 0 Å². The molecule has 3 aromatic carbocycles. The third kappa shape index (κ3) is 4.09. The summed E-state index contributed by atoms with van der Waals surface area (Å²) in [6, 6.07) is 17.7. The molecule has 1 unspecified atom stereocenters. The molecule has 29 heavy (non-hydrogen) atoms. The first-order valence-corrected chi connectivity index (χ1v) is 9.85. The lowest BCUT2D eigenvalue weighted by atomic mass is 10.00. The van der Waals surface area contributed by atoms with Gasteiger partial charge < -0.3 is 20.0 Å². The van der Waals surface area contributed by atoms with E-state index in [1.165, 1.54) is 42.1 Å². The number of ether oxygens (including phenoxy) is 1. The SMILES string of the molecule is O=C(CSC1c2ccccc2Oc2ccc(F)cc21)Nc1cccc(C(=O)[O-])c1. The van der Waals surface area contributed by atoms with Crippen LogP contribution in [0, 0.1) is 5.82 Å². The second-order valence-electron chi connectivity index (χ2n) is 6.43. The van der Waals surface area contributed by atoms with Gasteiger partial charge in [0.1, 0.15) is 17.3 Å². The number of rotatable bonds is 5. The van der Waals surface area contributed by atoms with Crippen LogP contribution in [0.1, 0.15) is 26.7 Å². The molecule has 0 saturated carbocycles. The number of hydrogen-bond acceptors (Lipinski definition) is 5. The first-order chi connectivity index (χ1) is 14.0. The van der Waals surface area contributed by atoms with Crippen LogP contribution in [0.3, 0.4) is 0 Å². The number of thioether (sulfide) groups is 1. The molecule has 4 rings (SSSR count). The number of fused-ring (bicyclic) bond motifs is 2. The van der Waals surface area contributed by atoms with Crippen molar-refractivity contribution in [3.63, 3.8) is 0 Å². The van der Waals surface area contributed by atoms with E-state index in [-0.39, 0.29) is 28.3 Å². The lowest BCUT2D eigenvalue weighted by molar-refractivity contribution is -0.255. The molecule has 0 saturated heterocycles. The van der Waals surface area contributed by atoms with Crippen molar-refractivity contribution in [1.29, 1.82) is 0 Å². The Morgan fingerprint density at radius 3 is 2.62 bits per heavy atom. The maximum atomic E-state index is 13.8. The van der Waals surface area contributed by atoms with E-state index in [2.05, 4.69) is 5.32 Å². The minimum absolute atomic E-state index is 0.0155. The molecule has 1 N–H and O–H groups in total. The maximum Gasteiger partial charge on any atom is 0.234 e. The molecule has 7 heteroatoms. The summed E-state index contributed by atoms with van der Waals surface area (Å²) in [6.45, 7) is 0. The molecule has 3 aromatic rings. The smallest absolute Gasteiger partial charge is 0.234 e. The van der Waals surface area contributed by atoms with Crippen molar-refractivity contribution in [2.75, 3.05) is 11.1 Å². The number of para-hydroxylation sites is 1. The molecule has 1 amide bonds. The third-order valence-electron chi connectivity index (χ3n) is 4.44. The zero-order valence-corrected chi connectivity index (χ0v) is 15.9. The number of aromatic carboxylic acids is 1. The Morgan fingerprint density at radius 1 is 1.00 bits per heavy atom. The number of carbonyl (C=O) groups is 2. The predicted octanol–water partition coefficient (Wildman–Crippen LogP) is 3.76. The van der Waals surface area contributed by atoms with Gasteiger partial charge >= 0.3 is 0 Å². The van der Waals surface area contributed by atoms with Crippen LogP contribution in [0.2, 0.25) is 0 Å². The minimum atomic E-state index is -1.31. The van der Waals surface area contributed by atoms with Gasteiger partial charge in [-0.15, -0.1) is 11.8 Å². The summed E-state index contributed by atoms with van der Waals surface area (Å²) in [7, 11) is 0. The van der Waals surface area contributed by atoms with E-state index in [1.54, 1.807) is 12.1 Å². The van der Waals surface area contributed by atoms with Crippen molar-refractivity contribution in [1.82, 2.24) is 0 Å². The highest BCUT2D eigenvalue weighted by molar-refractivity contribution is 8.00. The number of carbonyl (C=O) groups excluding carboxylic acids is 2. The van der Waals surface area contributed by atoms with Crippen LogP contribution in [0.25, 0.3) is 0 Å². The van der Waals surface area contributed by atoms with Crippen LogP contribution in [0.5, 0.6) is 11.5 Å². The van der Waals surface area contributed by atoms with Gasteiger partial charge in [0.15, 0.2) is 0 Å². The molecular formula is C22H15FNO4S-. The molecule has 0 aliphatic carbocycles. The molecule has 1 aliphatic rings. The molecule has 0 radical (unpaired) electrons. The largest absolute Gasteiger partial charge is 0.545 e.